The maximum Gasteiger partial charge on any atom is 0.443 e. The van der Waals surface area contributed by atoms with Crippen LogP contribution in [0.15, 0.2) is 12.2 Å². The Labute approximate surface area is 227 Å². The quantitative estimate of drug-likeness (QED) is 0.113. The van der Waals surface area contributed by atoms with Gasteiger partial charge in [-0.15, -0.1) is 0 Å². The minimum Gasteiger partial charge on any atom is -0.463 e. The van der Waals surface area contributed by atoms with Gasteiger partial charge >= 0.3 is 24.3 Å². The van der Waals surface area contributed by atoms with Crippen molar-refractivity contribution in [2.75, 3.05) is 26.4 Å². The Morgan fingerprint density at radius 2 is 1.55 bits per heavy atom. The Hall–Kier alpha value is -1.90. The first-order chi connectivity index (χ1) is 18.5. The van der Waals surface area contributed by atoms with Crippen molar-refractivity contribution in [3.8, 4) is 0 Å². The van der Waals surface area contributed by atoms with E-state index in [0.717, 1.165) is 45.4 Å². The second-order valence-corrected chi connectivity index (χ2v) is 11.5. The molecule has 3 unspecified atom stereocenters. The van der Waals surface area contributed by atoms with Crippen LogP contribution >= 0.6 is 0 Å². The molecule has 4 bridgehead atoms. The third-order valence-corrected chi connectivity index (χ3v) is 8.20. The van der Waals surface area contributed by atoms with Crippen molar-refractivity contribution in [1.82, 2.24) is 0 Å². The third-order valence-electron chi connectivity index (χ3n) is 8.20. The van der Waals surface area contributed by atoms with Crippen LogP contribution < -0.4 is 0 Å². The predicted octanol–water partition coefficient (Wildman–Crippen LogP) is 5.20. The van der Waals surface area contributed by atoms with Crippen molar-refractivity contribution in [3.63, 3.8) is 0 Å². The number of carbonyl (C=O) groups excluding carboxylic acids is 2. The van der Waals surface area contributed by atoms with Gasteiger partial charge in [0.05, 0.1) is 18.6 Å². The second kappa shape index (κ2) is 11.1. The molecule has 228 valence electrons. The molecule has 0 N–H and O–H groups in total. The maximum atomic E-state index is 14.1. The summed E-state index contributed by atoms with van der Waals surface area (Å²) in [6, 6.07) is 0. The number of alkyl halides is 6. The van der Waals surface area contributed by atoms with Crippen molar-refractivity contribution in [1.29, 1.82) is 0 Å². The molecule has 4 saturated carbocycles. The fourth-order valence-electron chi connectivity index (χ4n) is 6.81. The molecule has 5 rings (SSSR count). The minimum atomic E-state index is -5.12. The van der Waals surface area contributed by atoms with Gasteiger partial charge in [-0.25, -0.2) is 4.79 Å². The lowest BCUT2D eigenvalue weighted by Gasteiger charge is -2.55. The predicted molar refractivity (Wildman–Crippen MR) is 123 cm³/mol. The molecule has 8 nitrogen and oxygen atoms in total. The lowest BCUT2D eigenvalue weighted by atomic mass is 9.49. The molecule has 1 saturated heterocycles. The van der Waals surface area contributed by atoms with E-state index in [9.17, 15) is 35.9 Å². The Kier molecular flexibility index (Phi) is 8.59. The zero-order valence-corrected chi connectivity index (χ0v) is 22.3. The normalized spacial score (nSPS) is 36.2. The van der Waals surface area contributed by atoms with Crippen LogP contribution in [0.4, 0.5) is 26.3 Å². The highest BCUT2D eigenvalue weighted by atomic mass is 19.4. The highest BCUT2D eigenvalue weighted by Crippen LogP contribution is 2.60. The first kappa shape index (κ1) is 31.0. The molecule has 0 aromatic carbocycles. The van der Waals surface area contributed by atoms with E-state index in [1.807, 2.05) is 0 Å². The van der Waals surface area contributed by atoms with E-state index >= 15 is 0 Å². The molecule has 0 radical (unpaired) electrons. The lowest BCUT2D eigenvalue weighted by molar-refractivity contribution is -0.483. The first-order valence-electron chi connectivity index (χ1n) is 13.3. The molecule has 0 aromatic rings. The summed E-state index contributed by atoms with van der Waals surface area (Å²) in [5.41, 5.74) is -2.32. The van der Waals surface area contributed by atoms with Crippen LogP contribution in [-0.4, -0.2) is 68.6 Å². The lowest BCUT2D eigenvalue weighted by Crippen LogP contribution is -2.62. The molecule has 0 amide bonds. The van der Waals surface area contributed by atoms with Crippen LogP contribution in [0.2, 0.25) is 0 Å². The molecule has 0 spiro atoms. The van der Waals surface area contributed by atoms with Gasteiger partial charge in [0.1, 0.15) is 18.8 Å². The summed E-state index contributed by atoms with van der Waals surface area (Å²) in [5, 5.41) is 0. The van der Waals surface area contributed by atoms with Crippen LogP contribution in [0.1, 0.15) is 58.8 Å². The van der Waals surface area contributed by atoms with Crippen LogP contribution in [0.5, 0.6) is 0 Å². The molecule has 5 aliphatic rings. The standard InChI is InChI=1S/C26H34F6O8/c1-15(25(27,28)29)20(33)37-14-22(3)38-5-4-24(40-22,26(30,31)32)39-16(2)35-6-7-36-21(34)23-11-17-8-18(12-23)10-19(9-17)13-23/h16-19H,1,4-14H2,2-3H3. The van der Waals surface area contributed by atoms with Gasteiger partial charge in [0.25, 0.3) is 5.79 Å². The topological polar surface area (TPSA) is 89.5 Å². The highest BCUT2D eigenvalue weighted by molar-refractivity contribution is 5.89. The fraction of sp³-hybridized carbons (Fsp3) is 0.846. The van der Waals surface area contributed by atoms with Crippen LogP contribution in [0.3, 0.4) is 0 Å². The SMILES string of the molecule is C=C(C(=O)OCC1(C)OCCC(OC(C)OCCOC(=O)C23CC4CC(CC(C4)C2)C3)(C(F)(F)F)O1)C(F)(F)F. The number of esters is 2. The van der Waals surface area contributed by atoms with E-state index in [4.69, 9.17) is 23.7 Å². The second-order valence-electron chi connectivity index (χ2n) is 11.5. The average molecular weight is 589 g/mol. The molecular formula is C26H34F6O8. The van der Waals surface area contributed by atoms with Gasteiger partial charge in [-0.1, -0.05) is 6.58 Å². The highest BCUT2D eigenvalue weighted by Gasteiger charge is 2.64. The molecule has 5 fully saturated rings. The fourth-order valence-corrected chi connectivity index (χ4v) is 6.81. The summed E-state index contributed by atoms with van der Waals surface area (Å²) in [7, 11) is 0. The molecule has 3 atom stereocenters. The van der Waals surface area contributed by atoms with E-state index in [1.165, 1.54) is 6.92 Å². The first-order valence-corrected chi connectivity index (χ1v) is 13.3. The Morgan fingerprint density at radius 3 is 2.08 bits per heavy atom. The summed E-state index contributed by atoms with van der Waals surface area (Å²) >= 11 is 0. The van der Waals surface area contributed by atoms with E-state index in [0.29, 0.717) is 17.8 Å². The van der Waals surface area contributed by atoms with Crippen molar-refractivity contribution in [2.24, 2.45) is 23.2 Å². The van der Waals surface area contributed by atoms with Gasteiger partial charge in [0.2, 0.25) is 5.79 Å². The van der Waals surface area contributed by atoms with Crippen molar-refractivity contribution in [3.05, 3.63) is 12.2 Å². The molecule has 0 aromatic heterocycles. The Balaban J connectivity index is 1.28. The zero-order chi connectivity index (χ0) is 29.6. The van der Waals surface area contributed by atoms with Crippen molar-refractivity contribution in [2.45, 2.75) is 89.0 Å². The number of halogens is 6. The summed E-state index contributed by atoms with van der Waals surface area (Å²) in [5.74, 6) is -6.12. The number of hydrogen-bond acceptors (Lipinski definition) is 8. The minimum absolute atomic E-state index is 0.173. The number of ether oxygens (including phenoxy) is 6. The monoisotopic (exact) mass is 588 g/mol. The van der Waals surface area contributed by atoms with E-state index in [-0.39, 0.29) is 19.2 Å². The molecule has 1 aliphatic heterocycles. The van der Waals surface area contributed by atoms with Gasteiger partial charge in [0.15, 0.2) is 6.29 Å². The van der Waals surface area contributed by atoms with Gasteiger partial charge in [-0.3, -0.25) is 4.79 Å². The Morgan fingerprint density at radius 1 is 0.975 bits per heavy atom. The molecular weight excluding hydrogens is 554 g/mol. The van der Waals surface area contributed by atoms with E-state index in [1.54, 1.807) is 0 Å². The Bertz CT molecular complexity index is 946. The summed E-state index contributed by atoms with van der Waals surface area (Å²) < 4.78 is 111. The zero-order valence-electron chi connectivity index (χ0n) is 22.3. The average Bonchev–Trinajstić information content (AvgIpc) is 2.82. The van der Waals surface area contributed by atoms with Gasteiger partial charge in [0, 0.05) is 6.42 Å². The maximum absolute atomic E-state index is 14.1. The third kappa shape index (κ3) is 6.60. The number of rotatable bonds is 10. The largest absolute Gasteiger partial charge is 0.463 e. The van der Waals surface area contributed by atoms with E-state index in [2.05, 4.69) is 11.3 Å². The van der Waals surface area contributed by atoms with Crippen LogP contribution in [0.25, 0.3) is 0 Å². The molecule has 1 heterocycles. The molecule has 14 heteroatoms. The van der Waals surface area contributed by atoms with E-state index < -0.39 is 66.8 Å². The van der Waals surface area contributed by atoms with Crippen molar-refractivity contribution >= 4 is 11.9 Å². The summed E-state index contributed by atoms with van der Waals surface area (Å²) in [6.07, 6.45) is -6.63. The molecule has 40 heavy (non-hydrogen) atoms. The van der Waals surface area contributed by atoms with Gasteiger partial charge in [-0.05, 0) is 70.1 Å². The summed E-state index contributed by atoms with van der Waals surface area (Å²) in [4.78, 5) is 24.5. The molecule has 4 aliphatic carbocycles. The number of carbonyl (C=O) groups is 2. The number of hydrogen-bond donors (Lipinski definition) is 0. The van der Waals surface area contributed by atoms with Crippen LogP contribution in [-0.2, 0) is 38.0 Å². The smallest absolute Gasteiger partial charge is 0.443 e. The summed E-state index contributed by atoms with van der Waals surface area (Å²) in [6.45, 7) is 2.65. The van der Waals surface area contributed by atoms with Gasteiger partial charge in [-0.2, -0.15) is 26.3 Å². The van der Waals surface area contributed by atoms with Crippen molar-refractivity contribution < 1.29 is 64.4 Å². The van der Waals surface area contributed by atoms with Gasteiger partial charge < -0.3 is 28.4 Å². The van der Waals surface area contributed by atoms with Crippen LogP contribution in [0, 0.1) is 23.2 Å².